The molecule has 182 valence electrons. The van der Waals surface area contributed by atoms with Crippen LogP contribution in [0.3, 0.4) is 0 Å². The van der Waals surface area contributed by atoms with E-state index in [0.29, 0.717) is 29.0 Å². The van der Waals surface area contributed by atoms with Gasteiger partial charge in [0, 0.05) is 18.2 Å². The summed E-state index contributed by atoms with van der Waals surface area (Å²) in [5.74, 6) is 0.0614. The van der Waals surface area contributed by atoms with Crippen molar-refractivity contribution in [3.63, 3.8) is 0 Å². The van der Waals surface area contributed by atoms with Crippen LogP contribution in [-0.4, -0.2) is 36.3 Å². The minimum Gasteiger partial charge on any atom is -0.390 e. The quantitative estimate of drug-likeness (QED) is 0.428. The Morgan fingerprint density at radius 3 is 2.44 bits per heavy atom. The van der Waals surface area contributed by atoms with Gasteiger partial charge in [-0.25, -0.2) is 18.7 Å². The number of benzene rings is 1. The Bertz CT molecular complexity index is 1160. The maximum atomic E-state index is 14.3. The lowest BCUT2D eigenvalue weighted by molar-refractivity contribution is -0.000414. The van der Waals surface area contributed by atoms with E-state index >= 15 is 0 Å². The third kappa shape index (κ3) is 4.71. The first-order chi connectivity index (χ1) is 16.3. The lowest BCUT2D eigenvalue weighted by Crippen LogP contribution is -2.37. The summed E-state index contributed by atoms with van der Waals surface area (Å²) in [4.78, 5) is 14.0. The van der Waals surface area contributed by atoms with E-state index in [2.05, 4.69) is 20.6 Å². The fourth-order valence-corrected chi connectivity index (χ4v) is 5.40. The first-order valence-electron chi connectivity index (χ1n) is 12.2. The van der Waals surface area contributed by atoms with Gasteiger partial charge in [0.15, 0.2) is 5.65 Å². The van der Waals surface area contributed by atoms with Crippen LogP contribution in [0.4, 0.5) is 26.4 Å². The van der Waals surface area contributed by atoms with Crippen LogP contribution in [0, 0.1) is 17.6 Å². The van der Waals surface area contributed by atoms with E-state index in [9.17, 15) is 13.9 Å². The zero-order chi connectivity index (χ0) is 23.9. The Morgan fingerprint density at radius 1 is 1.03 bits per heavy atom. The summed E-state index contributed by atoms with van der Waals surface area (Å²) >= 11 is 0. The largest absolute Gasteiger partial charge is 0.390 e. The van der Waals surface area contributed by atoms with Crippen LogP contribution in [0.5, 0.6) is 0 Å². The molecule has 0 radical (unpaired) electrons. The van der Waals surface area contributed by atoms with Crippen molar-refractivity contribution in [2.75, 3.05) is 10.6 Å². The van der Waals surface area contributed by atoms with Crippen molar-refractivity contribution in [3.8, 4) is 0 Å². The summed E-state index contributed by atoms with van der Waals surface area (Å²) < 4.78 is 29.7. The van der Waals surface area contributed by atoms with Crippen LogP contribution in [0.1, 0.15) is 71.3 Å². The van der Waals surface area contributed by atoms with Gasteiger partial charge < -0.3 is 15.7 Å². The molecule has 2 aliphatic rings. The average molecular weight is 471 g/mol. The first kappa shape index (κ1) is 23.0. The van der Waals surface area contributed by atoms with E-state index < -0.39 is 17.2 Å². The maximum absolute atomic E-state index is 14.3. The van der Waals surface area contributed by atoms with Gasteiger partial charge >= 0.3 is 0 Å². The molecule has 2 aliphatic carbocycles. The summed E-state index contributed by atoms with van der Waals surface area (Å²) in [6.45, 7) is 3.77. The molecular weight excluding hydrogens is 438 g/mol. The molecule has 0 aliphatic heterocycles. The van der Waals surface area contributed by atoms with E-state index in [-0.39, 0.29) is 17.8 Å². The normalized spacial score (nSPS) is 21.8. The number of nitrogens with zero attached hydrogens (tertiary/aromatic N) is 4. The molecule has 0 unspecified atom stereocenters. The number of anilines is 3. The maximum Gasteiger partial charge on any atom is 0.224 e. The second-order valence-electron chi connectivity index (χ2n) is 10.2. The third-order valence-corrected chi connectivity index (χ3v) is 7.36. The lowest BCUT2D eigenvalue weighted by Gasteiger charge is -2.36. The fraction of sp³-hybridized carbons (Fsp3) is 0.560. The number of fused-ring (bicyclic) bond motifs is 1. The van der Waals surface area contributed by atoms with Crippen molar-refractivity contribution in [2.24, 2.45) is 5.92 Å². The van der Waals surface area contributed by atoms with E-state index in [1.165, 1.54) is 12.1 Å². The van der Waals surface area contributed by atoms with Crippen LogP contribution in [0.2, 0.25) is 0 Å². The Morgan fingerprint density at radius 2 is 1.76 bits per heavy atom. The topological polar surface area (TPSA) is 87.9 Å². The molecule has 0 spiro atoms. The summed E-state index contributed by atoms with van der Waals surface area (Å²) in [6.07, 6.45) is 9.76. The van der Waals surface area contributed by atoms with Gasteiger partial charge in [0.25, 0.3) is 0 Å². The number of imidazole rings is 1. The molecule has 9 heteroatoms. The summed E-state index contributed by atoms with van der Waals surface area (Å²) in [5.41, 5.74) is 0.861. The number of hydrogen-bond donors (Lipinski definition) is 3. The van der Waals surface area contributed by atoms with E-state index in [1.54, 1.807) is 6.20 Å². The molecule has 1 aromatic carbocycles. The highest BCUT2D eigenvalue weighted by Gasteiger charge is 2.32. The molecule has 0 amide bonds. The van der Waals surface area contributed by atoms with Gasteiger partial charge in [-0.3, -0.25) is 4.57 Å². The second-order valence-corrected chi connectivity index (χ2v) is 10.2. The first-order valence-corrected chi connectivity index (χ1v) is 12.2. The number of rotatable bonds is 6. The van der Waals surface area contributed by atoms with Crippen LogP contribution >= 0.6 is 0 Å². The zero-order valence-electron chi connectivity index (χ0n) is 19.7. The predicted molar refractivity (Wildman–Crippen MR) is 128 cm³/mol. The number of aromatic nitrogens is 4. The smallest absolute Gasteiger partial charge is 0.224 e. The molecule has 0 atom stereocenters. The van der Waals surface area contributed by atoms with Crippen molar-refractivity contribution < 1.29 is 13.9 Å². The molecule has 34 heavy (non-hydrogen) atoms. The summed E-state index contributed by atoms with van der Waals surface area (Å²) in [6, 6.07) is 3.93. The SMILES string of the molecule is CC(C)(O)[C@H]1CC[C@H](Nc2ncc3nc(Nc4ccc(F)cc4F)n(C4CCCC4)c3n2)CC1. The minimum absolute atomic E-state index is 0.172. The molecule has 7 nitrogen and oxygen atoms in total. The Labute approximate surface area is 198 Å². The molecule has 0 bridgehead atoms. The molecule has 2 fully saturated rings. The molecule has 3 aromatic rings. The Kier molecular flexibility index (Phi) is 6.14. The van der Waals surface area contributed by atoms with Crippen LogP contribution in [0.15, 0.2) is 24.4 Å². The number of hydrogen-bond acceptors (Lipinski definition) is 6. The molecular formula is C25H32F2N6O. The van der Waals surface area contributed by atoms with Gasteiger partial charge in [0.05, 0.1) is 17.5 Å². The van der Waals surface area contributed by atoms with Gasteiger partial charge in [-0.2, -0.15) is 4.98 Å². The van der Waals surface area contributed by atoms with E-state index in [1.807, 2.05) is 18.4 Å². The number of halogens is 2. The van der Waals surface area contributed by atoms with E-state index in [4.69, 9.17) is 4.98 Å². The highest BCUT2D eigenvalue weighted by molar-refractivity contribution is 5.76. The lowest BCUT2D eigenvalue weighted by atomic mass is 9.77. The predicted octanol–water partition coefficient (Wildman–Crippen LogP) is 5.70. The van der Waals surface area contributed by atoms with Gasteiger partial charge in [-0.05, 0) is 70.4 Å². The number of nitrogens with one attached hydrogen (secondary N) is 2. The second kappa shape index (κ2) is 9.09. The Balaban J connectivity index is 1.41. The Hall–Kier alpha value is -2.81. The standard InChI is InChI=1S/C25H32F2N6O/c1-25(2,34)15-7-10-17(11-8-15)29-23-28-14-21-22(32-23)33(18-5-3-4-6-18)24(31-21)30-20-12-9-16(26)13-19(20)27/h9,12-15,17-18,34H,3-8,10-11H2,1-2H3,(H,30,31)(H,28,29,32)/t15-,17-. The van der Waals surface area contributed by atoms with Gasteiger partial charge in [0.1, 0.15) is 17.2 Å². The summed E-state index contributed by atoms with van der Waals surface area (Å²) in [5, 5.41) is 16.8. The molecule has 2 saturated carbocycles. The van der Waals surface area contributed by atoms with Crippen molar-refractivity contribution in [3.05, 3.63) is 36.0 Å². The van der Waals surface area contributed by atoms with Crippen molar-refractivity contribution in [1.82, 2.24) is 19.5 Å². The van der Waals surface area contributed by atoms with Gasteiger partial charge in [-0.15, -0.1) is 0 Å². The zero-order valence-corrected chi connectivity index (χ0v) is 19.7. The minimum atomic E-state index is -0.667. The molecule has 5 rings (SSSR count). The highest BCUT2D eigenvalue weighted by Crippen LogP contribution is 2.37. The van der Waals surface area contributed by atoms with Gasteiger partial charge in [0.2, 0.25) is 11.9 Å². The van der Waals surface area contributed by atoms with Crippen molar-refractivity contribution >= 4 is 28.7 Å². The monoisotopic (exact) mass is 470 g/mol. The third-order valence-electron chi connectivity index (χ3n) is 7.36. The summed E-state index contributed by atoms with van der Waals surface area (Å²) in [7, 11) is 0. The average Bonchev–Trinajstić information content (AvgIpc) is 3.42. The van der Waals surface area contributed by atoms with E-state index in [0.717, 1.165) is 57.4 Å². The molecule has 0 saturated heterocycles. The van der Waals surface area contributed by atoms with Crippen LogP contribution in [-0.2, 0) is 0 Å². The molecule has 2 aromatic heterocycles. The van der Waals surface area contributed by atoms with Crippen LogP contribution < -0.4 is 10.6 Å². The number of aliphatic hydroxyl groups is 1. The van der Waals surface area contributed by atoms with Crippen LogP contribution in [0.25, 0.3) is 11.2 Å². The molecule has 2 heterocycles. The highest BCUT2D eigenvalue weighted by atomic mass is 19.1. The van der Waals surface area contributed by atoms with Gasteiger partial charge in [-0.1, -0.05) is 12.8 Å². The molecule has 3 N–H and O–H groups in total. The van der Waals surface area contributed by atoms with Crippen molar-refractivity contribution in [2.45, 2.75) is 82.9 Å². The van der Waals surface area contributed by atoms with Crippen molar-refractivity contribution in [1.29, 1.82) is 0 Å². The fourth-order valence-electron chi connectivity index (χ4n) is 5.40.